The maximum absolute atomic E-state index is 12.4. The van der Waals surface area contributed by atoms with Gasteiger partial charge in [-0.2, -0.15) is 0 Å². The predicted molar refractivity (Wildman–Crippen MR) is 90.0 cm³/mol. The molecule has 0 atom stereocenters. The molecule has 0 saturated heterocycles. The summed E-state index contributed by atoms with van der Waals surface area (Å²) < 4.78 is 5.32. The first kappa shape index (κ1) is 14.3. The Kier molecular flexibility index (Phi) is 3.42. The van der Waals surface area contributed by atoms with Crippen LogP contribution >= 0.6 is 0 Å². The molecule has 3 aromatic rings. The summed E-state index contributed by atoms with van der Waals surface area (Å²) in [6, 6.07) is 13.1. The van der Waals surface area contributed by atoms with Crippen molar-refractivity contribution in [2.24, 2.45) is 0 Å². The van der Waals surface area contributed by atoms with E-state index in [1.165, 1.54) is 0 Å². The van der Waals surface area contributed by atoms with Crippen LogP contribution in [0.1, 0.15) is 15.9 Å². The number of hydrogen-bond acceptors (Lipinski definition) is 3. The van der Waals surface area contributed by atoms with Gasteiger partial charge in [-0.3, -0.25) is 9.59 Å². The van der Waals surface area contributed by atoms with Crippen LogP contribution in [0.15, 0.2) is 48.7 Å². The van der Waals surface area contributed by atoms with E-state index in [1.807, 2.05) is 36.4 Å². The minimum absolute atomic E-state index is 0.0314. The first-order chi connectivity index (χ1) is 11.7. The van der Waals surface area contributed by atoms with Crippen LogP contribution in [-0.2, 0) is 11.3 Å². The van der Waals surface area contributed by atoms with E-state index in [0.717, 1.165) is 16.5 Å². The van der Waals surface area contributed by atoms with Gasteiger partial charge < -0.3 is 20.4 Å². The third kappa shape index (κ3) is 2.58. The fourth-order valence-corrected chi connectivity index (χ4v) is 2.78. The fraction of sp³-hybridized carbons (Fsp3) is 0.111. The molecule has 0 radical (unpaired) electrons. The molecule has 2 aromatic carbocycles. The highest BCUT2D eigenvalue weighted by Gasteiger charge is 2.16. The van der Waals surface area contributed by atoms with Crippen molar-refractivity contribution < 1.29 is 14.3 Å². The molecule has 2 heterocycles. The number of ether oxygens (including phenoxy) is 1. The number of H-pyrrole nitrogens is 1. The van der Waals surface area contributed by atoms with Gasteiger partial charge in [-0.1, -0.05) is 24.3 Å². The highest BCUT2D eigenvalue weighted by molar-refractivity contribution is 6.06. The van der Waals surface area contributed by atoms with Gasteiger partial charge in [-0.25, -0.2) is 0 Å². The van der Waals surface area contributed by atoms with Gasteiger partial charge in [0, 0.05) is 23.6 Å². The molecule has 2 amide bonds. The van der Waals surface area contributed by atoms with E-state index in [-0.39, 0.29) is 18.4 Å². The van der Waals surface area contributed by atoms with E-state index in [2.05, 4.69) is 15.6 Å². The number of benzene rings is 2. The largest absolute Gasteiger partial charge is 0.482 e. The summed E-state index contributed by atoms with van der Waals surface area (Å²) >= 11 is 0. The molecule has 1 aliphatic heterocycles. The Hall–Kier alpha value is -3.28. The molecule has 0 saturated carbocycles. The van der Waals surface area contributed by atoms with Crippen LogP contribution in [0.3, 0.4) is 0 Å². The average molecular weight is 321 g/mol. The topological polar surface area (TPSA) is 83.2 Å². The van der Waals surface area contributed by atoms with Crippen molar-refractivity contribution in [2.75, 3.05) is 11.9 Å². The minimum atomic E-state index is -0.178. The van der Waals surface area contributed by atoms with Gasteiger partial charge >= 0.3 is 0 Å². The van der Waals surface area contributed by atoms with Crippen molar-refractivity contribution in [1.29, 1.82) is 0 Å². The summed E-state index contributed by atoms with van der Waals surface area (Å²) in [5, 5.41) is 6.55. The molecular weight excluding hydrogens is 306 g/mol. The van der Waals surface area contributed by atoms with E-state index in [4.69, 9.17) is 4.74 Å². The molecule has 0 fully saturated rings. The standard InChI is InChI=1S/C18H15N3O3/c22-17-10-24-16-6-5-11(7-15(16)21-17)8-20-18(23)13-9-19-14-4-2-1-3-12(13)14/h1-7,9,19H,8,10H2,(H,20,23)(H,21,22). The fourth-order valence-electron chi connectivity index (χ4n) is 2.78. The van der Waals surface area contributed by atoms with E-state index in [1.54, 1.807) is 12.3 Å². The number of anilines is 1. The van der Waals surface area contributed by atoms with Crippen LogP contribution in [0.5, 0.6) is 5.75 Å². The Balaban J connectivity index is 1.50. The quantitative estimate of drug-likeness (QED) is 0.693. The lowest BCUT2D eigenvalue weighted by atomic mass is 10.1. The van der Waals surface area contributed by atoms with Crippen molar-refractivity contribution in [3.8, 4) is 5.75 Å². The van der Waals surface area contributed by atoms with Crippen LogP contribution in [0.2, 0.25) is 0 Å². The number of para-hydroxylation sites is 1. The zero-order valence-electron chi connectivity index (χ0n) is 12.8. The summed E-state index contributed by atoms with van der Waals surface area (Å²) in [4.78, 5) is 26.9. The number of aromatic amines is 1. The van der Waals surface area contributed by atoms with Crippen LogP contribution < -0.4 is 15.4 Å². The number of carbonyl (C=O) groups excluding carboxylic acids is 2. The highest BCUT2D eigenvalue weighted by atomic mass is 16.5. The smallest absolute Gasteiger partial charge is 0.262 e. The lowest BCUT2D eigenvalue weighted by Gasteiger charge is -2.18. The van der Waals surface area contributed by atoms with Crippen molar-refractivity contribution in [3.05, 3.63) is 59.8 Å². The number of amides is 2. The maximum Gasteiger partial charge on any atom is 0.262 e. The number of fused-ring (bicyclic) bond motifs is 2. The molecule has 3 N–H and O–H groups in total. The summed E-state index contributed by atoms with van der Waals surface area (Å²) in [7, 11) is 0. The molecule has 24 heavy (non-hydrogen) atoms. The van der Waals surface area contributed by atoms with Gasteiger partial charge in [-0.05, 0) is 23.8 Å². The van der Waals surface area contributed by atoms with Gasteiger partial charge in [-0.15, -0.1) is 0 Å². The zero-order valence-corrected chi connectivity index (χ0v) is 12.8. The first-order valence-electron chi connectivity index (χ1n) is 7.60. The number of rotatable bonds is 3. The Morgan fingerprint density at radius 1 is 1.21 bits per heavy atom. The Bertz CT molecular complexity index is 946. The third-order valence-corrected chi connectivity index (χ3v) is 3.96. The molecule has 6 heteroatoms. The van der Waals surface area contributed by atoms with Gasteiger partial charge in [0.25, 0.3) is 11.8 Å². The number of carbonyl (C=O) groups is 2. The molecule has 6 nitrogen and oxygen atoms in total. The molecule has 1 aromatic heterocycles. The molecule has 0 aliphatic carbocycles. The summed E-state index contributed by atoms with van der Waals surface area (Å²) in [6.45, 7) is 0.394. The lowest BCUT2D eigenvalue weighted by Crippen LogP contribution is -2.26. The van der Waals surface area contributed by atoms with Crippen LogP contribution in [0, 0.1) is 0 Å². The second kappa shape index (κ2) is 5.73. The lowest BCUT2D eigenvalue weighted by molar-refractivity contribution is -0.118. The second-order valence-corrected chi connectivity index (χ2v) is 5.60. The molecule has 0 spiro atoms. The number of nitrogens with one attached hydrogen (secondary N) is 3. The van der Waals surface area contributed by atoms with Gasteiger partial charge in [0.15, 0.2) is 6.61 Å². The van der Waals surface area contributed by atoms with Gasteiger partial charge in [0.05, 0.1) is 11.3 Å². The Morgan fingerprint density at radius 2 is 2.08 bits per heavy atom. The zero-order chi connectivity index (χ0) is 16.5. The average Bonchev–Trinajstić information content (AvgIpc) is 3.03. The van der Waals surface area contributed by atoms with Crippen molar-refractivity contribution in [3.63, 3.8) is 0 Å². The molecule has 0 bridgehead atoms. The second-order valence-electron chi connectivity index (χ2n) is 5.60. The maximum atomic E-state index is 12.4. The normalized spacial score (nSPS) is 13.1. The molecular formula is C18H15N3O3. The number of hydrogen-bond donors (Lipinski definition) is 3. The summed E-state index contributed by atoms with van der Waals surface area (Å²) in [6.07, 6.45) is 1.71. The van der Waals surface area contributed by atoms with Gasteiger partial charge in [0.2, 0.25) is 0 Å². The van der Waals surface area contributed by atoms with Crippen molar-refractivity contribution in [1.82, 2.24) is 10.3 Å². The minimum Gasteiger partial charge on any atom is -0.482 e. The molecule has 0 unspecified atom stereocenters. The summed E-state index contributed by atoms with van der Waals surface area (Å²) in [5.41, 5.74) is 3.05. The summed E-state index contributed by atoms with van der Waals surface area (Å²) in [5.74, 6) is 0.314. The Morgan fingerprint density at radius 3 is 3.00 bits per heavy atom. The molecule has 1 aliphatic rings. The van der Waals surface area contributed by atoms with Crippen LogP contribution in [0.4, 0.5) is 5.69 Å². The molecule has 4 rings (SSSR count). The van der Waals surface area contributed by atoms with Crippen molar-refractivity contribution in [2.45, 2.75) is 6.54 Å². The predicted octanol–water partition coefficient (Wildman–Crippen LogP) is 2.43. The van der Waals surface area contributed by atoms with Crippen molar-refractivity contribution >= 4 is 28.4 Å². The van der Waals surface area contributed by atoms with Gasteiger partial charge in [0.1, 0.15) is 5.75 Å². The number of aromatic nitrogens is 1. The van der Waals surface area contributed by atoms with E-state index in [9.17, 15) is 9.59 Å². The van der Waals surface area contributed by atoms with Crippen LogP contribution in [-0.4, -0.2) is 23.4 Å². The first-order valence-corrected chi connectivity index (χ1v) is 7.60. The highest BCUT2D eigenvalue weighted by Crippen LogP contribution is 2.28. The molecule has 120 valence electrons. The van der Waals surface area contributed by atoms with E-state index >= 15 is 0 Å². The van der Waals surface area contributed by atoms with E-state index in [0.29, 0.717) is 23.5 Å². The van der Waals surface area contributed by atoms with E-state index < -0.39 is 0 Å². The monoisotopic (exact) mass is 321 g/mol. The SMILES string of the molecule is O=C1COc2ccc(CNC(=O)c3c[nH]c4ccccc34)cc2N1. The Labute approximate surface area is 137 Å². The van der Waals surface area contributed by atoms with Crippen LogP contribution in [0.25, 0.3) is 10.9 Å². The third-order valence-electron chi connectivity index (χ3n) is 3.96.